The average molecular weight is 228 g/mol. The van der Waals surface area contributed by atoms with Gasteiger partial charge in [0, 0.05) is 19.7 Å². The molecule has 3 nitrogen and oxygen atoms in total. The summed E-state index contributed by atoms with van der Waals surface area (Å²) < 4.78 is 5.32. The Morgan fingerprint density at radius 1 is 1.31 bits per heavy atom. The highest BCUT2D eigenvalue weighted by atomic mass is 16.5. The van der Waals surface area contributed by atoms with Crippen LogP contribution in [0.3, 0.4) is 0 Å². The predicted molar refractivity (Wildman–Crippen MR) is 68.8 cm³/mol. The number of nitrogens with one attached hydrogen (secondary N) is 1. The van der Waals surface area contributed by atoms with Crippen LogP contribution in [0.25, 0.3) is 0 Å². The topological polar surface area (TPSA) is 24.5 Å². The van der Waals surface area contributed by atoms with Gasteiger partial charge in [-0.25, -0.2) is 0 Å². The standard InChI is InChI=1S/C13H28N2O/c1-5-14-10-12(11-16-4)15-8-6-13(2,3)7-9-15/h12,14H,5-11H2,1-4H3. The van der Waals surface area contributed by atoms with Crippen molar-refractivity contribution in [1.82, 2.24) is 10.2 Å². The second kappa shape index (κ2) is 6.58. The lowest BCUT2D eigenvalue weighted by molar-refractivity contribution is 0.0470. The van der Waals surface area contributed by atoms with Crippen molar-refractivity contribution in [1.29, 1.82) is 0 Å². The summed E-state index contributed by atoms with van der Waals surface area (Å²) in [5, 5.41) is 3.43. The molecule has 0 bridgehead atoms. The molecule has 0 spiro atoms. The fraction of sp³-hybridized carbons (Fsp3) is 1.00. The number of nitrogens with zero attached hydrogens (tertiary/aromatic N) is 1. The summed E-state index contributed by atoms with van der Waals surface area (Å²) in [7, 11) is 1.80. The van der Waals surface area contributed by atoms with E-state index in [1.165, 1.54) is 25.9 Å². The molecule has 1 aliphatic rings. The minimum atomic E-state index is 0.534. The van der Waals surface area contributed by atoms with Crippen molar-refractivity contribution in [3.63, 3.8) is 0 Å². The zero-order valence-electron chi connectivity index (χ0n) is 11.4. The Morgan fingerprint density at radius 3 is 2.44 bits per heavy atom. The molecule has 96 valence electrons. The molecule has 16 heavy (non-hydrogen) atoms. The van der Waals surface area contributed by atoms with E-state index in [0.717, 1.165) is 19.7 Å². The molecule has 0 aliphatic carbocycles. The number of hydrogen-bond acceptors (Lipinski definition) is 3. The van der Waals surface area contributed by atoms with E-state index in [0.29, 0.717) is 11.5 Å². The second-order valence-corrected chi connectivity index (χ2v) is 5.62. The van der Waals surface area contributed by atoms with Crippen LogP contribution in [0, 0.1) is 5.41 Å². The predicted octanol–water partition coefficient (Wildman–Crippen LogP) is 1.73. The number of piperidine rings is 1. The molecule has 0 aromatic rings. The van der Waals surface area contributed by atoms with Crippen LogP contribution in [0.15, 0.2) is 0 Å². The minimum Gasteiger partial charge on any atom is -0.383 e. The van der Waals surface area contributed by atoms with Crippen molar-refractivity contribution in [2.24, 2.45) is 5.41 Å². The van der Waals surface area contributed by atoms with E-state index < -0.39 is 0 Å². The highest BCUT2D eigenvalue weighted by molar-refractivity contribution is 4.83. The maximum atomic E-state index is 5.32. The third kappa shape index (κ3) is 4.40. The van der Waals surface area contributed by atoms with Crippen LogP contribution in [-0.2, 0) is 4.74 Å². The Hall–Kier alpha value is -0.120. The van der Waals surface area contributed by atoms with Gasteiger partial charge >= 0.3 is 0 Å². The van der Waals surface area contributed by atoms with E-state index in [-0.39, 0.29) is 0 Å². The van der Waals surface area contributed by atoms with E-state index in [4.69, 9.17) is 4.74 Å². The Bertz CT molecular complexity index is 184. The highest BCUT2D eigenvalue weighted by Crippen LogP contribution is 2.30. The Morgan fingerprint density at radius 2 is 1.94 bits per heavy atom. The zero-order chi connectivity index (χ0) is 12.0. The molecule has 3 heteroatoms. The summed E-state index contributed by atoms with van der Waals surface area (Å²) in [4.78, 5) is 2.58. The van der Waals surface area contributed by atoms with Crippen molar-refractivity contribution in [3.05, 3.63) is 0 Å². The molecular weight excluding hydrogens is 200 g/mol. The maximum Gasteiger partial charge on any atom is 0.0630 e. The number of ether oxygens (including phenoxy) is 1. The smallest absolute Gasteiger partial charge is 0.0630 e. The van der Waals surface area contributed by atoms with E-state index in [9.17, 15) is 0 Å². The molecule has 1 N–H and O–H groups in total. The first kappa shape index (κ1) is 13.9. The van der Waals surface area contributed by atoms with Crippen LogP contribution in [0.2, 0.25) is 0 Å². The monoisotopic (exact) mass is 228 g/mol. The van der Waals surface area contributed by atoms with Crippen LogP contribution in [-0.4, -0.2) is 50.8 Å². The summed E-state index contributed by atoms with van der Waals surface area (Å²) in [5.74, 6) is 0. The molecule has 0 aromatic heterocycles. The minimum absolute atomic E-state index is 0.534. The normalized spacial score (nSPS) is 23.2. The number of likely N-dealkylation sites (N-methyl/N-ethyl adjacent to an activating group) is 1. The summed E-state index contributed by atoms with van der Waals surface area (Å²) in [6.07, 6.45) is 2.61. The van der Waals surface area contributed by atoms with Gasteiger partial charge < -0.3 is 10.1 Å². The van der Waals surface area contributed by atoms with Gasteiger partial charge in [-0.15, -0.1) is 0 Å². The van der Waals surface area contributed by atoms with E-state index in [2.05, 4.69) is 31.0 Å². The molecule has 0 amide bonds. The van der Waals surface area contributed by atoms with E-state index >= 15 is 0 Å². The lowest BCUT2D eigenvalue weighted by atomic mass is 9.82. The van der Waals surface area contributed by atoms with Gasteiger partial charge in [0.25, 0.3) is 0 Å². The zero-order valence-corrected chi connectivity index (χ0v) is 11.4. The molecule has 0 radical (unpaired) electrons. The van der Waals surface area contributed by atoms with Crippen molar-refractivity contribution >= 4 is 0 Å². The summed E-state index contributed by atoms with van der Waals surface area (Å²) >= 11 is 0. The molecule has 1 aliphatic heterocycles. The molecule has 1 saturated heterocycles. The largest absolute Gasteiger partial charge is 0.383 e. The molecule has 1 heterocycles. The van der Waals surface area contributed by atoms with Crippen molar-refractivity contribution in [2.45, 2.75) is 39.7 Å². The summed E-state index contributed by atoms with van der Waals surface area (Å²) in [6.45, 7) is 12.3. The van der Waals surface area contributed by atoms with Gasteiger partial charge in [-0.1, -0.05) is 20.8 Å². The quantitative estimate of drug-likeness (QED) is 0.749. The first-order valence-corrected chi connectivity index (χ1v) is 6.53. The second-order valence-electron chi connectivity index (χ2n) is 5.62. The first-order chi connectivity index (χ1) is 7.59. The molecule has 1 atom stereocenters. The lowest BCUT2D eigenvalue weighted by Crippen LogP contribution is -2.49. The third-order valence-electron chi connectivity index (χ3n) is 3.66. The van der Waals surface area contributed by atoms with Crippen molar-refractivity contribution in [3.8, 4) is 0 Å². The number of hydrogen-bond donors (Lipinski definition) is 1. The van der Waals surface area contributed by atoms with Crippen LogP contribution in [0.5, 0.6) is 0 Å². The third-order valence-corrected chi connectivity index (χ3v) is 3.66. The SMILES string of the molecule is CCNCC(COC)N1CCC(C)(C)CC1. The van der Waals surface area contributed by atoms with Crippen LogP contribution >= 0.6 is 0 Å². The van der Waals surface area contributed by atoms with Gasteiger partial charge in [-0.2, -0.15) is 0 Å². The van der Waals surface area contributed by atoms with Crippen LogP contribution in [0.1, 0.15) is 33.6 Å². The van der Waals surface area contributed by atoms with Gasteiger partial charge in [0.1, 0.15) is 0 Å². The van der Waals surface area contributed by atoms with Crippen LogP contribution in [0.4, 0.5) is 0 Å². The van der Waals surface area contributed by atoms with Gasteiger partial charge in [0.2, 0.25) is 0 Å². The molecule has 1 fully saturated rings. The molecular formula is C13H28N2O. The maximum absolute atomic E-state index is 5.32. The van der Waals surface area contributed by atoms with Crippen molar-refractivity contribution < 1.29 is 4.74 Å². The summed E-state index contributed by atoms with van der Waals surface area (Å²) in [6, 6.07) is 0.543. The fourth-order valence-corrected chi connectivity index (χ4v) is 2.29. The molecule has 0 saturated carbocycles. The molecule has 1 rings (SSSR count). The fourth-order valence-electron chi connectivity index (χ4n) is 2.29. The Kier molecular flexibility index (Phi) is 5.73. The number of rotatable bonds is 6. The van der Waals surface area contributed by atoms with Crippen LogP contribution < -0.4 is 5.32 Å². The lowest BCUT2D eigenvalue weighted by Gasteiger charge is -2.41. The Balaban J connectivity index is 2.39. The molecule has 0 aromatic carbocycles. The highest BCUT2D eigenvalue weighted by Gasteiger charge is 2.28. The average Bonchev–Trinajstić information content (AvgIpc) is 2.25. The first-order valence-electron chi connectivity index (χ1n) is 6.53. The van der Waals surface area contributed by atoms with E-state index in [1.54, 1.807) is 7.11 Å². The van der Waals surface area contributed by atoms with E-state index in [1.807, 2.05) is 0 Å². The van der Waals surface area contributed by atoms with Gasteiger partial charge in [-0.05, 0) is 37.9 Å². The summed E-state index contributed by atoms with van der Waals surface area (Å²) in [5.41, 5.74) is 0.534. The number of likely N-dealkylation sites (tertiary alicyclic amines) is 1. The Labute approximate surface area is 101 Å². The molecule has 1 unspecified atom stereocenters. The van der Waals surface area contributed by atoms with Gasteiger partial charge in [0.05, 0.1) is 6.61 Å². The van der Waals surface area contributed by atoms with Gasteiger partial charge in [-0.3, -0.25) is 4.90 Å². The van der Waals surface area contributed by atoms with Gasteiger partial charge in [0.15, 0.2) is 0 Å². The van der Waals surface area contributed by atoms with Crippen molar-refractivity contribution in [2.75, 3.05) is 39.9 Å². The number of methoxy groups -OCH3 is 1.